The maximum atomic E-state index is 12.4. The summed E-state index contributed by atoms with van der Waals surface area (Å²) in [6.07, 6.45) is 4.32. The second-order valence-corrected chi connectivity index (χ2v) is 5.54. The molecule has 1 aliphatic carbocycles. The molecule has 0 heterocycles. The van der Waals surface area contributed by atoms with E-state index in [0.29, 0.717) is 29.5 Å². The average molecular weight is 292 g/mol. The predicted octanol–water partition coefficient (Wildman–Crippen LogP) is 1.95. The average Bonchev–Trinajstić information content (AvgIpc) is 2.51. The first kappa shape index (κ1) is 15.6. The number of nitrogens with two attached hydrogens (primary N) is 1. The third kappa shape index (κ3) is 3.88. The summed E-state index contributed by atoms with van der Waals surface area (Å²) >= 11 is 0. The summed E-state index contributed by atoms with van der Waals surface area (Å²) in [7, 11) is 3.09. The standard InChI is InChI=1S/C16H24N2O3/c1-20-13-7-4-8-14(21-2)15(13)16(19)18-10-11-5-3-6-12(17)9-11/h4,7-8,11-12H,3,5-6,9-10,17H2,1-2H3,(H,18,19). The lowest BCUT2D eigenvalue weighted by Gasteiger charge is -2.26. The fourth-order valence-electron chi connectivity index (χ4n) is 2.92. The fraction of sp³-hybridized carbons (Fsp3) is 0.562. The molecule has 5 heteroatoms. The zero-order valence-corrected chi connectivity index (χ0v) is 12.7. The van der Waals surface area contributed by atoms with E-state index in [1.165, 1.54) is 0 Å². The van der Waals surface area contributed by atoms with Gasteiger partial charge < -0.3 is 20.5 Å². The van der Waals surface area contributed by atoms with Crippen molar-refractivity contribution >= 4 is 5.91 Å². The van der Waals surface area contributed by atoms with Gasteiger partial charge in [-0.3, -0.25) is 4.79 Å². The number of methoxy groups -OCH3 is 2. The Morgan fingerprint density at radius 2 is 1.95 bits per heavy atom. The minimum absolute atomic E-state index is 0.163. The van der Waals surface area contributed by atoms with Crippen molar-refractivity contribution in [3.8, 4) is 11.5 Å². The number of rotatable bonds is 5. The van der Waals surface area contributed by atoms with Crippen LogP contribution in [0.5, 0.6) is 11.5 Å². The first-order valence-electron chi connectivity index (χ1n) is 7.40. The number of carbonyl (C=O) groups is 1. The van der Waals surface area contributed by atoms with E-state index in [4.69, 9.17) is 15.2 Å². The van der Waals surface area contributed by atoms with Crippen molar-refractivity contribution in [3.05, 3.63) is 23.8 Å². The highest BCUT2D eigenvalue weighted by atomic mass is 16.5. The summed E-state index contributed by atoms with van der Waals surface area (Å²) < 4.78 is 10.5. The minimum Gasteiger partial charge on any atom is -0.496 e. The highest BCUT2D eigenvalue weighted by molar-refractivity contribution is 5.99. The first-order valence-corrected chi connectivity index (χ1v) is 7.40. The molecule has 116 valence electrons. The van der Waals surface area contributed by atoms with Crippen LogP contribution in [0.4, 0.5) is 0 Å². The number of ether oxygens (including phenoxy) is 2. The number of benzene rings is 1. The highest BCUT2D eigenvalue weighted by Crippen LogP contribution is 2.28. The lowest BCUT2D eigenvalue weighted by molar-refractivity contribution is 0.0936. The number of amides is 1. The smallest absolute Gasteiger partial charge is 0.258 e. The fourth-order valence-corrected chi connectivity index (χ4v) is 2.92. The normalized spacial score (nSPS) is 21.7. The van der Waals surface area contributed by atoms with Crippen LogP contribution in [0.1, 0.15) is 36.0 Å². The predicted molar refractivity (Wildman–Crippen MR) is 81.8 cm³/mol. The summed E-state index contributed by atoms with van der Waals surface area (Å²) in [5.41, 5.74) is 6.43. The van der Waals surface area contributed by atoms with Crippen molar-refractivity contribution in [2.45, 2.75) is 31.7 Å². The van der Waals surface area contributed by atoms with Gasteiger partial charge in [0.05, 0.1) is 14.2 Å². The Labute approximate surface area is 125 Å². The van der Waals surface area contributed by atoms with Gasteiger partial charge in [0.15, 0.2) is 0 Å². The van der Waals surface area contributed by atoms with Crippen LogP contribution in [-0.4, -0.2) is 32.7 Å². The van der Waals surface area contributed by atoms with E-state index in [-0.39, 0.29) is 11.9 Å². The molecule has 1 aliphatic rings. The van der Waals surface area contributed by atoms with Crippen molar-refractivity contribution in [3.63, 3.8) is 0 Å². The van der Waals surface area contributed by atoms with Crippen molar-refractivity contribution < 1.29 is 14.3 Å². The number of hydrogen-bond acceptors (Lipinski definition) is 4. The van der Waals surface area contributed by atoms with Gasteiger partial charge in [-0.2, -0.15) is 0 Å². The molecule has 1 aromatic carbocycles. The number of carbonyl (C=O) groups excluding carboxylic acids is 1. The molecule has 0 saturated heterocycles. The molecule has 0 aliphatic heterocycles. The Balaban J connectivity index is 2.03. The molecule has 21 heavy (non-hydrogen) atoms. The molecule has 0 radical (unpaired) electrons. The van der Waals surface area contributed by atoms with Crippen molar-refractivity contribution in [2.75, 3.05) is 20.8 Å². The third-order valence-electron chi connectivity index (χ3n) is 4.03. The summed E-state index contributed by atoms with van der Waals surface area (Å²) in [5.74, 6) is 1.33. The van der Waals surface area contributed by atoms with Gasteiger partial charge >= 0.3 is 0 Å². The second kappa shape index (κ2) is 7.31. The summed E-state index contributed by atoms with van der Waals surface area (Å²) in [4.78, 5) is 12.4. The van der Waals surface area contributed by atoms with Gasteiger partial charge in [0, 0.05) is 12.6 Å². The lowest BCUT2D eigenvalue weighted by atomic mass is 9.86. The van der Waals surface area contributed by atoms with E-state index in [2.05, 4.69) is 5.32 Å². The molecular formula is C16H24N2O3. The Morgan fingerprint density at radius 3 is 2.52 bits per heavy atom. The summed E-state index contributed by atoms with van der Waals surface area (Å²) in [6, 6.07) is 5.58. The number of hydrogen-bond donors (Lipinski definition) is 2. The second-order valence-electron chi connectivity index (χ2n) is 5.54. The minimum atomic E-state index is -0.163. The molecule has 1 saturated carbocycles. The largest absolute Gasteiger partial charge is 0.496 e. The van der Waals surface area contributed by atoms with E-state index < -0.39 is 0 Å². The molecule has 2 atom stereocenters. The van der Waals surface area contributed by atoms with Gasteiger partial charge in [-0.05, 0) is 37.3 Å². The number of nitrogens with one attached hydrogen (secondary N) is 1. The first-order chi connectivity index (χ1) is 10.2. The van der Waals surface area contributed by atoms with E-state index in [0.717, 1.165) is 25.7 Å². The van der Waals surface area contributed by atoms with Gasteiger partial charge in [-0.15, -0.1) is 0 Å². The topological polar surface area (TPSA) is 73.6 Å². The molecule has 0 spiro atoms. The lowest BCUT2D eigenvalue weighted by Crippen LogP contribution is -2.35. The van der Waals surface area contributed by atoms with Crippen LogP contribution in [0.25, 0.3) is 0 Å². The highest BCUT2D eigenvalue weighted by Gasteiger charge is 2.22. The molecule has 1 aromatic rings. The van der Waals surface area contributed by atoms with Gasteiger partial charge in [0.2, 0.25) is 0 Å². The van der Waals surface area contributed by atoms with Crippen molar-refractivity contribution in [1.29, 1.82) is 0 Å². The summed E-state index contributed by atoms with van der Waals surface area (Å²) in [6.45, 7) is 0.647. The molecule has 1 amide bonds. The molecule has 3 N–H and O–H groups in total. The van der Waals surface area contributed by atoms with Gasteiger partial charge in [0.1, 0.15) is 17.1 Å². The quantitative estimate of drug-likeness (QED) is 0.870. The Bertz CT molecular complexity index is 468. The third-order valence-corrected chi connectivity index (χ3v) is 4.03. The molecule has 1 fully saturated rings. The maximum Gasteiger partial charge on any atom is 0.258 e. The van der Waals surface area contributed by atoms with E-state index >= 15 is 0 Å². The Morgan fingerprint density at radius 1 is 1.29 bits per heavy atom. The van der Waals surface area contributed by atoms with Crippen LogP contribution in [0, 0.1) is 5.92 Å². The van der Waals surface area contributed by atoms with Crippen molar-refractivity contribution in [1.82, 2.24) is 5.32 Å². The van der Waals surface area contributed by atoms with Crippen LogP contribution < -0.4 is 20.5 Å². The summed E-state index contributed by atoms with van der Waals surface area (Å²) in [5, 5.41) is 2.98. The Hall–Kier alpha value is -1.75. The van der Waals surface area contributed by atoms with E-state index in [1.54, 1.807) is 32.4 Å². The maximum absolute atomic E-state index is 12.4. The molecule has 5 nitrogen and oxygen atoms in total. The Kier molecular flexibility index (Phi) is 5.44. The van der Waals surface area contributed by atoms with Crippen LogP contribution >= 0.6 is 0 Å². The van der Waals surface area contributed by atoms with Gasteiger partial charge in [0.25, 0.3) is 5.91 Å². The SMILES string of the molecule is COc1cccc(OC)c1C(=O)NCC1CCCC(N)C1. The van der Waals surface area contributed by atoms with Gasteiger partial charge in [-0.25, -0.2) is 0 Å². The van der Waals surface area contributed by atoms with Gasteiger partial charge in [-0.1, -0.05) is 12.5 Å². The molecule has 0 aromatic heterocycles. The van der Waals surface area contributed by atoms with Crippen LogP contribution in [0.3, 0.4) is 0 Å². The van der Waals surface area contributed by atoms with Crippen LogP contribution in [0.2, 0.25) is 0 Å². The monoisotopic (exact) mass is 292 g/mol. The van der Waals surface area contributed by atoms with Crippen molar-refractivity contribution in [2.24, 2.45) is 11.7 Å². The van der Waals surface area contributed by atoms with E-state index in [9.17, 15) is 4.79 Å². The molecule has 2 rings (SSSR count). The van der Waals surface area contributed by atoms with Crippen LogP contribution in [-0.2, 0) is 0 Å². The molecule has 0 bridgehead atoms. The van der Waals surface area contributed by atoms with E-state index in [1.807, 2.05) is 0 Å². The molecular weight excluding hydrogens is 268 g/mol. The zero-order valence-electron chi connectivity index (χ0n) is 12.7. The van der Waals surface area contributed by atoms with Crippen LogP contribution in [0.15, 0.2) is 18.2 Å². The molecule has 2 unspecified atom stereocenters. The zero-order chi connectivity index (χ0) is 15.2.